The van der Waals surface area contributed by atoms with Gasteiger partial charge < -0.3 is 4.52 Å². The van der Waals surface area contributed by atoms with Gasteiger partial charge in [0.1, 0.15) is 5.75 Å². The van der Waals surface area contributed by atoms with Crippen molar-refractivity contribution in [3.63, 3.8) is 0 Å². The highest BCUT2D eigenvalue weighted by atomic mass is 31.2. The molecule has 0 aromatic heterocycles. The number of phosphoric acid groups is 1. The highest BCUT2D eigenvalue weighted by Crippen LogP contribution is 2.44. The number of fused-ring (bicyclic) bond motifs is 1. The van der Waals surface area contributed by atoms with Crippen molar-refractivity contribution in [2.45, 2.75) is 25.7 Å². The van der Waals surface area contributed by atoms with Gasteiger partial charge in [-0.25, -0.2) is 4.57 Å². The zero-order valence-corrected chi connectivity index (χ0v) is 13.0. The lowest BCUT2D eigenvalue weighted by atomic mass is 10.1. The third kappa shape index (κ3) is 5.26. The largest absolute Gasteiger partial charge is 0.527 e. The maximum absolute atomic E-state index is 11.9. The number of benzene rings is 2. The lowest BCUT2D eigenvalue weighted by Gasteiger charge is -2.13. The van der Waals surface area contributed by atoms with E-state index in [1.54, 1.807) is 18.4 Å². The molecule has 0 amide bonds. The van der Waals surface area contributed by atoms with Crippen LogP contribution in [0, 0.1) is 0 Å². The normalized spacial score (nSPS) is 13.7. The van der Waals surface area contributed by atoms with Gasteiger partial charge in [-0.05, 0) is 35.7 Å². The fraction of sp³-hybridized carbons (Fsp3) is 0.312. The van der Waals surface area contributed by atoms with Crippen molar-refractivity contribution in [3.8, 4) is 5.75 Å². The Balaban J connectivity index is 1.87. The van der Waals surface area contributed by atoms with E-state index in [0.29, 0.717) is 25.0 Å². The molecular weight excluding hydrogens is 303 g/mol. The predicted octanol–water partition coefficient (Wildman–Crippen LogP) is 4.01. The van der Waals surface area contributed by atoms with Gasteiger partial charge in [0.05, 0.1) is 6.61 Å². The first-order chi connectivity index (χ1) is 10.6. The van der Waals surface area contributed by atoms with Crippen LogP contribution in [0.3, 0.4) is 0 Å². The van der Waals surface area contributed by atoms with Crippen molar-refractivity contribution in [2.24, 2.45) is 0 Å². The van der Waals surface area contributed by atoms with E-state index in [-0.39, 0.29) is 6.61 Å². The fourth-order valence-corrected chi connectivity index (χ4v) is 2.83. The van der Waals surface area contributed by atoms with Crippen LogP contribution < -0.4 is 4.52 Å². The number of carbonyl (C=O) groups excluding carboxylic acids is 1. The Hall–Kier alpha value is -1.68. The molecule has 0 aliphatic heterocycles. The van der Waals surface area contributed by atoms with Gasteiger partial charge in [0.15, 0.2) is 6.29 Å². The third-order valence-electron chi connectivity index (χ3n) is 3.12. The Morgan fingerprint density at radius 2 is 1.82 bits per heavy atom. The molecule has 0 bridgehead atoms. The van der Waals surface area contributed by atoms with Gasteiger partial charge in [-0.1, -0.05) is 36.8 Å². The van der Waals surface area contributed by atoms with E-state index in [1.807, 2.05) is 30.3 Å². The molecule has 0 saturated carbocycles. The van der Waals surface area contributed by atoms with Gasteiger partial charge >= 0.3 is 7.82 Å². The monoisotopic (exact) mass is 321 g/mol. The minimum Gasteiger partial charge on any atom is -0.404 e. The molecule has 1 unspecified atom stereocenters. The molecule has 6 heteroatoms. The molecule has 2 aromatic rings. The second kappa shape index (κ2) is 8.08. The van der Waals surface area contributed by atoms with Crippen LogP contribution in [0.15, 0.2) is 42.5 Å². The molecule has 0 aliphatic rings. The van der Waals surface area contributed by atoms with Crippen LogP contribution in [-0.2, 0) is 13.9 Å². The van der Waals surface area contributed by atoms with Gasteiger partial charge in [-0.2, -0.15) is 0 Å². The van der Waals surface area contributed by atoms with Gasteiger partial charge in [-0.15, -0.1) is 0 Å². The van der Waals surface area contributed by atoms with Crippen LogP contribution in [0.1, 0.15) is 25.7 Å². The molecule has 0 aliphatic carbocycles. The van der Waals surface area contributed by atoms with Crippen molar-refractivity contribution in [3.05, 3.63) is 42.5 Å². The maximum atomic E-state index is 11.9. The van der Waals surface area contributed by atoms with E-state index >= 15 is 0 Å². The molecule has 1 atom stereocenters. The molecule has 0 heterocycles. The third-order valence-corrected chi connectivity index (χ3v) is 4.07. The van der Waals surface area contributed by atoms with Crippen molar-refractivity contribution < 1.29 is 23.3 Å². The van der Waals surface area contributed by atoms with Gasteiger partial charge in [-0.3, -0.25) is 14.2 Å². The summed E-state index contributed by atoms with van der Waals surface area (Å²) in [5.74, 6) is 0.292. The SMILES string of the molecule is O=[C]CCCCCOP(=O)(O)Oc1ccc2ccccc2c1. The first-order valence-electron chi connectivity index (χ1n) is 7.11. The topological polar surface area (TPSA) is 72.8 Å². The summed E-state index contributed by atoms with van der Waals surface area (Å²) >= 11 is 0. The van der Waals surface area contributed by atoms with Crippen LogP contribution in [-0.4, -0.2) is 17.8 Å². The Morgan fingerprint density at radius 3 is 2.59 bits per heavy atom. The molecule has 22 heavy (non-hydrogen) atoms. The second-order valence-corrected chi connectivity index (χ2v) is 6.23. The molecule has 1 radical (unpaired) electrons. The van der Waals surface area contributed by atoms with E-state index in [1.165, 1.54) is 0 Å². The second-order valence-electron chi connectivity index (χ2n) is 4.86. The summed E-state index contributed by atoms with van der Waals surface area (Å²) in [6, 6.07) is 12.8. The zero-order chi connectivity index (χ0) is 15.8. The number of unbranched alkanes of at least 4 members (excludes halogenated alkanes) is 3. The smallest absolute Gasteiger partial charge is 0.404 e. The Morgan fingerprint density at radius 1 is 1.05 bits per heavy atom. The predicted molar refractivity (Wildman–Crippen MR) is 84.5 cm³/mol. The standard InChI is InChI=1S/C16H18O5P/c17-11-5-1-2-6-12-20-22(18,19)21-16-10-9-14-7-3-4-8-15(14)13-16/h3-4,7-10,13H,1-2,5-6,12H2,(H,18,19). The summed E-state index contributed by atoms with van der Waals surface area (Å²) in [5, 5.41) is 1.95. The van der Waals surface area contributed by atoms with E-state index < -0.39 is 7.82 Å². The zero-order valence-electron chi connectivity index (χ0n) is 12.1. The van der Waals surface area contributed by atoms with Gasteiger partial charge in [0.25, 0.3) is 0 Å². The highest BCUT2D eigenvalue weighted by molar-refractivity contribution is 7.47. The summed E-state index contributed by atoms with van der Waals surface area (Å²) in [6.07, 6.45) is 4.22. The molecule has 1 N–H and O–H groups in total. The van der Waals surface area contributed by atoms with Crippen LogP contribution in [0.5, 0.6) is 5.75 Å². The molecule has 0 saturated heterocycles. The molecule has 2 rings (SSSR count). The molecule has 0 spiro atoms. The van der Waals surface area contributed by atoms with Crippen molar-refractivity contribution >= 4 is 24.9 Å². The van der Waals surface area contributed by atoms with Crippen LogP contribution in [0.4, 0.5) is 0 Å². The number of rotatable bonds is 9. The Bertz CT molecular complexity index is 670. The minimum absolute atomic E-state index is 0.111. The summed E-state index contributed by atoms with van der Waals surface area (Å²) in [5.41, 5.74) is 0. The minimum atomic E-state index is -4.13. The van der Waals surface area contributed by atoms with Crippen LogP contribution in [0.2, 0.25) is 0 Å². The first-order valence-corrected chi connectivity index (χ1v) is 8.61. The lowest BCUT2D eigenvalue weighted by molar-refractivity contribution is 0.199. The molecule has 0 fully saturated rings. The van der Waals surface area contributed by atoms with E-state index in [9.17, 15) is 14.3 Å². The Kier molecular flexibility index (Phi) is 6.13. The maximum Gasteiger partial charge on any atom is 0.527 e. The number of phosphoric ester groups is 1. The first kappa shape index (κ1) is 16.7. The number of hydrogen-bond acceptors (Lipinski definition) is 4. The number of hydrogen-bond donors (Lipinski definition) is 1. The average molecular weight is 321 g/mol. The summed E-state index contributed by atoms with van der Waals surface area (Å²) in [7, 11) is -4.13. The van der Waals surface area contributed by atoms with Crippen LogP contribution in [0.25, 0.3) is 10.8 Å². The molecule has 117 valence electrons. The molecule has 5 nitrogen and oxygen atoms in total. The molecule has 2 aromatic carbocycles. The average Bonchev–Trinajstić information content (AvgIpc) is 2.50. The van der Waals surface area contributed by atoms with Gasteiger partial charge in [0.2, 0.25) is 0 Å². The van der Waals surface area contributed by atoms with Crippen molar-refractivity contribution in [2.75, 3.05) is 6.61 Å². The van der Waals surface area contributed by atoms with Gasteiger partial charge in [0, 0.05) is 6.42 Å². The lowest BCUT2D eigenvalue weighted by Crippen LogP contribution is -1.99. The van der Waals surface area contributed by atoms with Crippen molar-refractivity contribution in [1.29, 1.82) is 0 Å². The molecular formula is C16H18O5P. The summed E-state index contributed by atoms with van der Waals surface area (Å²) in [6.45, 7) is 0.111. The Labute approximate surface area is 129 Å². The highest BCUT2D eigenvalue weighted by Gasteiger charge is 2.22. The van der Waals surface area contributed by atoms with Crippen LogP contribution >= 0.6 is 7.82 Å². The van der Waals surface area contributed by atoms with E-state index in [2.05, 4.69) is 0 Å². The van der Waals surface area contributed by atoms with E-state index in [4.69, 9.17) is 9.05 Å². The fourth-order valence-electron chi connectivity index (χ4n) is 2.04. The van der Waals surface area contributed by atoms with E-state index in [0.717, 1.165) is 17.2 Å². The summed E-state index contributed by atoms with van der Waals surface area (Å²) in [4.78, 5) is 19.7. The van der Waals surface area contributed by atoms with Crippen molar-refractivity contribution in [1.82, 2.24) is 0 Å². The summed E-state index contributed by atoms with van der Waals surface area (Å²) < 4.78 is 21.8. The quantitative estimate of drug-likeness (QED) is 0.558.